The van der Waals surface area contributed by atoms with Gasteiger partial charge in [0.15, 0.2) is 11.5 Å². The van der Waals surface area contributed by atoms with Crippen molar-refractivity contribution >= 4 is 40.9 Å². The number of carboxylic acid groups (broad SMARTS) is 1. The first kappa shape index (κ1) is 30.1. The Labute approximate surface area is 269 Å². The Balaban J connectivity index is 1.15. The van der Waals surface area contributed by atoms with Gasteiger partial charge in [-0.25, -0.2) is 0 Å². The highest BCUT2D eigenvalue weighted by atomic mass is 32.2. The summed E-state index contributed by atoms with van der Waals surface area (Å²) in [5.74, 6) is -0.341. The van der Waals surface area contributed by atoms with Crippen molar-refractivity contribution in [3.8, 4) is 11.5 Å². The molecule has 11 heteroatoms. The predicted molar refractivity (Wildman–Crippen MR) is 170 cm³/mol. The van der Waals surface area contributed by atoms with E-state index in [1.54, 1.807) is 18.9 Å². The summed E-state index contributed by atoms with van der Waals surface area (Å²) in [6, 6.07) is 14.2. The zero-order valence-corrected chi connectivity index (χ0v) is 26.8. The Kier molecular flexibility index (Phi) is 8.02. The molecular weight excluding hydrogens is 613 g/mol. The summed E-state index contributed by atoms with van der Waals surface area (Å²) in [5.41, 5.74) is 3.26. The van der Waals surface area contributed by atoms with Gasteiger partial charge in [-0.15, -0.1) is 11.8 Å². The topological polar surface area (TPSA) is 126 Å². The van der Waals surface area contributed by atoms with Crippen LogP contribution in [-0.2, 0) is 21.0 Å². The van der Waals surface area contributed by atoms with Gasteiger partial charge in [-0.3, -0.25) is 24.1 Å². The van der Waals surface area contributed by atoms with Crippen LogP contribution in [0.1, 0.15) is 59.6 Å². The van der Waals surface area contributed by atoms with Crippen molar-refractivity contribution in [1.29, 1.82) is 0 Å². The van der Waals surface area contributed by atoms with E-state index in [0.29, 0.717) is 43.9 Å². The minimum absolute atomic E-state index is 0.0322. The van der Waals surface area contributed by atoms with Crippen LogP contribution >= 0.6 is 23.1 Å². The molecule has 2 N–H and O–H groups in total. The Bertz CT molecular complexity index is 1700. The number of carbonyl (C=O) groups excluding carboxylic acids is 2. The number of carbonyl (C=O) groups is 3. The summed E-state index contributed by atoms with van der Waals surface area (Å²) in [7, 11) is 1.62. The number of likely N-dealkylation sites (tertiary alicyclic amines) is 1. The van der Waals surface area contributed by atoms with E-state index < -0.39 is 5.97 Å². The lowest BCUT2D eigenvalue weighted by molar-refractivity contribution is -0.141. The zero-order valence-electron chi connectivity index (χ0n) is 25.2. The van der Waals surface area contributed by atoms with Gasteiger partial charge in [0.25, 0.3) is 0 Å². The number of H-pyrrole nitrogens is 1. The largest absolute Gasteiger partial charge is 0.493 e. The van der Waals surface area contributed by atoms with Crippen LogP contribution in [0.4, 0.5) is 0 Å². The molecule has 2 aliphatic carbocycles. The van der Waals surface area contributed by atoms with Gasteiger partial charge in [-0.1, -0.05) is 53.7 Å². The molecule has 2 aromatic carbocycles. The van der Waals surface area contributed by atoms with Gasteiger partial charge in [0.1, 0.15) is 6.61 Å². The van der Waals surface area contributed by atoms with Crippen LogP contribution in [0, 0.1) is 36.5 Å². The molecule has 0 radical (unpaired) electrons. The number of thioether (sulfide) groups is 1. The van der Waals surface area contributed by atoms with Gasteiger partial charge in [0, 0.05) is 29.0 Å². The number of ether oxygens (including phenoxy) is 2. The van der Waals surface area contributed by atoms with E-state index >= 15 is 0 Å². The van der Waals surface area contributed by atoms with Crippen molar-refractivity contribution in [3.63, 3.8) is 0 Å². The second kappa shape index (κ2) is 12.0. The molecule has 45 heavy (non-hydrogen) atoms. The lowest BCUT2D eigenvalue weighted by Crippen LogP contribution is -2.42. The average molecular weight is 649 g/mol. The smallest absolute Gasteiger partial charge is 0.305 e. The van der Waals surface area contributed by atoms with Crippen molar-refractivity contribution in [2.45, 2.75) is 61.8 Å². The fraction of sp³-hybridized carbons (Fsp3) is 0.471. The maximum absolute atomic E-state index is 13.8. The lowest BCUT2D eigenvalue weighted by Gasteiger charge is -2.43. The third-order valence-corrected chi connectivity index (χ3v) is 12.7. The molecular formula is C34H36N2O7S2. The van der Waals surface area contributed by atoms with Gasteiger partial charge in [0.05, 0.1) is 24.0 Å². The number of rotatable bonds is 11. The molecule has 6 unspecified atom stereocenters. The fourth-order valence-electron chi connectivity index (χ4n) is 8.24. The molecule has 7 atom stereocenters. The number of benzene rings is 2. The lowest BCUT2D eigenvalue weighted by atomic mass is 9.68. The number of unbranched alkanes of at least 4 members (excludes halogenated alkanes) is 2. The van der Waals surface area contributed by atoms with Crippen LogP contribution in [0.5, 0.6) is 11.5 Å². The summed E-state index contributed by atoms with van der Waals surface area (Å²) in [5, 5.41) is 9.89. The van der Waals surface area contributed by atoms with E-state index in [2.05, 4.69) is 17.1 Å². The third-order valence-electron chi connectivity index (χ3n) is 10.1. The van der Waals surface area contributed by atoms with Gasteiger partial charge in [-0.05, 0) is 67.2 Å². The molecule has 1 aromatic heterocycles. The number of aromatic amines is 1. The Hall–Kier alpha value is -3.57. The number of aromatic nitrogens is 1. The number of nitrogens with one attached hydrogen (secondary N) is 1. The second-order valence-corrected chi connectivity index (χ2v) is 14.9. The summed E-state index contributed by atoms with van der Waals surface area (Å²) >= 11 is 2.90. The van der Waals surface area contributed by atoms with Crippen LogP contribution in [0.2, 0.25) is 0 Å². The summed E-state index contributed by atoms with van der Waals surface area (Å²) < 4.78 is 12.0. The van der Waals surface area contributed by atoms with E-state index in [4.69, 9.17) is 14.6 Å². The number of thiazole rings is 1. The molecule has 3 aromatic rings. The molecule has 2 saturated carbocycles. The number of fused-ring (bicyclic) bond motifs is 9. The number of nitrogens with zero attached hydrogens (tertiary/aromatic N) is 1. The van der Waals surface area contributed by atoms with Gasteiger partial charge in [0.2, 0.25) is 11.8 Å². The standard InChI is InChI=1S/C34H36N2O7S2/c1-17-7-9-18(10-8-17)16-43-22-12-11-19(14-23(22)42-2)25-26-20-15-21(29(26)44-31-30(25)45-34(41)35-31)28-27(20)32(39)36(33(28)40)13-5-3-4-6-24(37)38/h7-12,14,20-21,25-29H,3-6,13,15-16H2,1-2H3,(H,35,41)(H,37,38)/t20?,21?,25-,26?,27?,28?,29?/m1/s1. The quantitative estimate of drug-likeness (QED) is 0.208. The first-order valence-corrected chi connectivity index (χ1v) is 17.3. The zero-order chi connectivity index (χ0) is 31.4. The highest BCUT2D eigenvalue weighted by molar-refractivity contribution is 8.00. The van der Waals surface area contributed by atoms with E-state index in [0.717, 1.165) is 27.5 Å². The number of imide groups is 1. The van der Waals surface area contributed by atoms with Crippen molar-refractivity contribution < 1.29 is 29.0 Å². The maximum Gasteiger partial charge on any atom is 0.305 e. The molecule has 2 bridgehead atoms. The van der Waals surface area contributed by atoms with E-state index in [-0.39, 0.29) is 63.9 Å². The van der Waals surface area contributed by atoms with Gasteiger partial charge >= 0.3 is 10.8 Å². The van der Waals surface area contributed by atoms with Crippen molar-refractivity contribution in [3.05, 3.63) is 73.7 Å². The molecule has 3 fully saturated rings. The molecule has 0 spiro atoms. The first-order valence-electron chi connectivity index (χ1n) is 15.6. The van der Waals surface area contributed by atoms with E-state index in [9.17, 15) is 19.2 Å². The number of carboxylic acids is 1. The number of methoxy groups -OCH3 is 1. The molecule has 236 valence electrons. The molecule has 1 saturated heterocycles. The first-order chi connectivity index (χ1) is 21.7. The number of amides is 2. The summed E-state index contributed by atoms with van der Waals surface area (Å²) in [4.78, 5) is 56.3. The summed E-state index contributed by atoms with van der Waals surface area (Å²) in [6.07, 6.45) is 2.73. The van der Waals surface area contributed by atoms with Crippen LogP contribution in [-0.4, -0.2) is 51.7 Å². The molecule has 2 aliphatic heterocycles. The Morgan fingerprint density at radius 2 is 1.76 bits per heavy atom. The fourth-order valence-corrected chi connectivity index (χ4v) is 11.1. The minimum atomic E-state index is -0.832. The second-order valence-electron chi connectivity index (χ2n) is 12.7. The van der Waals surface area contributed by atoms with Crippen molar-refractivity contribution in [2.24, 2.45) is 29.6 Å². The van der Waals surface area contributed by atoms with Gasteiger partial charge < -0.3 is 19.6 Å². The highest BCUT2D eigenvalue weighted by Gasteiger charge is 2.69. The van der Waals surface area contributed by atoms with Gasteiger partial charge in [-0.2, -0.15) is 0 Å². The van der Waals surface area contributed by atoms with Crippen molar-refractivity contribution in [2.75, 3.05) is 13.7 Å². The SMILES string of the molecule is COc1cc([C@H]2c3sc(=O)[nH]c3SC3C4CC(C5C(=O)N(CCCCCC(=O)O)C(=O)C45)C32)ccc1OCc1ccc(C)cc1. The van der Waals surface area contributed by atoms with E-state index in [1.807, 2.05) is 37.3 Å². The number of hydrogen-bond donors (Lipinski definition) is 2. The monoisotopic (exact) mass is 648 g/mol. The normalized spacial score (nSPS) is 27.8. The Morgan fingerprint density at radius 1 is 1.00 bits per heavy atom. The highest BCUT2D eigenvalue weighted by Crippen LogP contribution is 2.68. The maximum atomic E-state index is 13.8. The molecule has 9 nitrogen and oxygen atoms in total. The third kappa shape index (κ3) is 5.27. The van der Waals surface area contributed by atoms with E-state index in [1.165, 1.54) is 21.8 Å². The minimum Gasteiger partial charge on any atom is -0.493 e. The number of aliphatic carboxylic acids is 1. The predicted octanol–water partition coefficient (Wildman–Crippen LogP) is 5.45. The van der Waals surface area contributed by atoms with Crippen LogP contribution in [0.3, 0.4) is 0 Å². The number of aryl methyl sites for hydroxylation is 1. The molecule has 7 rings (SSSR count). The average Bonchev–Trinajstić information content (AvgIpc) is 3.76. The summed E-state index contributed by atoms with van der Waals surface area (Å²) in [6.45, 7) is 2.80. The molecule has 2 amide bonds. The van der Waals surface area contributed by atoms with Crippen LogP contribution < -0.4 is 14.3 Å². The number of hydrogen-bond acceptors (Lipinski definition) is 8. The van der Waals surface area contributed by atoms with Crippen LogP contribution in [0.15, 0.2) is 52.3 Å². The van der Waals surface area contributed by atoms with Crippen LogP contribution in [0.25, 0.3) is 0 Å². The molecule has 4 aliphatic rings. The van der Waals surface area contributed by atoms with Crippen molar-refractivity contribution in [1.82, 2.24) is 9.88 Å². The Morgan fingerprint density at radius 3 is 2.49 bits per heavy atom. The molecule has 3 heterocycles.